The van der Waals surface area contributed by atoms with Crippen molar-refractivity contribution >= 4 is 21.6 Å². The normalized spacial score (nSPS) is 11.8. The van der Waals surface area contributed by atoms with Gasteiger partial charge in [-0.25, -0.2) is 8.42 Å². The standard InChI is InChI=1S/C23H21F3N2O3S/c1-15-5-3-8-20(11-15)28-32(30,31)21-13-18(10-9-16(21)2)22(29)27-14-17-6-4-7-19(12-17)23(24,25)26/h3-13,28H,14H2,1-2H3,(H,27,29). The number of hydrogen-bond acceptors (Lipinski definition) is 3. The first-order chi connectivity index (χ1) is 15.0. The van der Waals surface area contributed by atoms with E-state index in [1.807, 2.05) is 13.0 Å². The predicted molar refractivity (Wildman–Crippen MR) is 116 cm³/mol. The number of rotatable bonds is 6. The van der Waals surface area contributed by atoms with Crippen LogP contribution in [0.1, 0.15) is 32.6 Å². The van der Waals surface area contributed by atoms with Gasteiger partial charge in [0.1, 0.15) is 0 Å². The van der Waals surface area contributed by atoms with E-state index in [9.17, 15) is 26.4 Å². The molecule has 0 aliphatic rings. The fourth-order valence-electron chi connectivity index (χ4n) is 3.09. The quantitative estimate of drug-likeness (QED) is 0.538. The zero-order valence-corrected chi connectivity index (χ0v) is 18.1. The third kappa shape index (κ3) is 5.67. The van der Waals surface area contributed by atoms with Crippen LogP contribution in [0, 0.1) is 13.8 Å². The zero-order chi connectivity index (χ0) is 23.5. The van der Waals surface area contributed by atoms with Gasteiger partial charge in [0.05, 0.1) is 10.5 Å². The van der Waals surface area contributed by atoms with Crippen molar-refractivity contribution in [1.29, 1.82) is 0 Å². The van der Waals surface area contributed by atoms with Gasteiger partial charge in [0.2, 0.25) is 0 Å². The number of anilines is 1. The summed E-state index contributed by atoms with van der Waals surface area (Å²) in [6, 6.07) is 15.7. The molecule has 0 saturated carbocycles. The molecule has 2 N–H and O–H groups in total. The van der Waals surface area contributed by atoms with Crippen LogP contribution in [-0.4, -0.2) is 14.3 Å². The minimum atomic E-state index is -4.48. The molecule has 0 aromatic heterocycles. The molecule has 0 unspecified atom stereocenters. The molecule has 0 aliphatic heterocycles. The van der Waals surface area contributed by atoms with Crippen molar-refractivity contribution in [2.45, 2.75) is 31.5 Å². The Morgan fingerprint density at radius 1 is 0.938 bits per heavy atom. The molecule has 0 atom stereocenters. The van der Waals surface area contributed by atoms with Crippen LogP contribution in [-0.2, 0) is 22.7 Å². The number of amides is 1. The monoisotopic (exact) mass is 462 g/mol. The molecule has 0 fully saturated rings. The largest absolute Gasteiger partial charge is 0.416 e. The van der Waals surface area contributed by atoms with Crippen LogP contribution >= 0.6 is 0 Å². The molecule has 32 heavy (non-hydrogen) atoms. The van der Waals surface area contributed by atoms with Crippen LogP contribution in [0.2, 0.25) is 0 Å². The van der Waals surface area contributed by atoms with Crippen LogP contribution < -0.4 is 10.0 Å². The summed E-state index contributed by atoms with van der Waals surface area (Å²) in [6.45, 7) is 3.30. The van der Waals surface area contributed by atoms with Crippen molar-refractivity contribution in [2.75, 3.05) is 4.72 Å². The van der Waals surface area contributed by atoms with E-state index < -0.39 is 27.7 Å². The molecule has 0 saturated heterocycles. The molecule has 0 aliphatic carbocycles. The second kappa shape index (κ2) is 9.04. The van der Waals surface area contributed by atoms with E-state index in [1.165, 1.54) is 30.3 Å². The van der Waals surface area contributed by atoms with Crippen molar-refractivity contribution in [3.8, 4) is 0 Å². The predicted octanol–water partition coefficient (Wildman–Crippen LogP) is 5.05. The highest BCUT2D eigenvalue weighted by Crippen LogP contribution is 2.29. The summed E-state index contributed by atoms with van der Waals surface area (Å²) in [4.78, 5) is 12.5. The average molecular weight is 462 g/mol. The fraction of sp³-hybridized carbons (Fsp3) is 0.174. The Balaban J connectivity index is 1.78. The molecule has 3 rings (SSSR count). The minimum absolute atomic E-state index is 0.0641. The van der Waals surface area contributed by atoms with E-state index in [0.717, 1.165) is 17.7 Å². The lowest BCUT2D eigenvalue weighted by Gasteiger charge is -2.13. The number of carbonyl (C=O) groups is 1. The minimum Gasteiger partial charge on any atom is -0.348 e. The summed E-state index contributed by atoms with van der Waals surface area (Å²) in [5, 5.41) is 2.53. The third-order valence-electron chi connectivity index (χ3n) is 4.72. The number of alkyl halides is 3. The lowest BCUT2D eigenvalue weighted by Crippen LogP contribution is -2.24. The molecule has 0 bridgehead atoms. The third-order valence-corrected chi connectivity index (χ3v) is 6.24. The molecule has 168 valence electrons. The first-order valence-electron chi connectivity index (χ1n) is 9.60. The molecular formula is C23H21F3N2O3S. The number of halogens is 3. The SMILES string of the molecule is Cc1cccc(NS(=O)(=O)c2cc(C(=O)NCc3cccc(C(F)(F)F)c3)ccc2C)c1. The molecule has 1 amide bonds. The number of sulfonamides is 1. The van der Waals surface area contributed by atoms with E-state index in [-0.39, 0.29) is 22.6 Å². The summed E-state index contributed by atoms with van der Waals surface area (Å²) >= 11 is 0. The summed E-state index contributed by atoms with van der Waals surface area (Å²) in [7, 11) is -3.96. The second-order valence-electron chi connectivity index (χ2n) is 7.34. The summed E-state index contributed by atoms with van der Waals surface area (Å²) in [5.74, 6) is -0.602. The van der Waals surface area contributed by atoms with Crippen LogP contribution in [0.4, 0.5) is 18.9 Å². The Hall–Kier alpha value is -3.33. The Morgan fingerprint density at radius 3 is 2.34 bits per heavy atom. The maximum absolute atomic E-state index is 12.9. The molecular weight excluding hydrogens is 441 g/mol. The van der Waals surface area contributed by atoms with Crippen LogP contribution in [0.3, 0.4) is 0 Å². The number of hydrogen-bond donors (Lipinski definition) is 2. The van der Waals surface area contributed by atoms with Gasteiger partial charge in [0, 0.05) is 17.8 Å². The highest BCUT2D eigenvalue weighted by Gasteiger charge is 2.30. The first kappa shape index (κ1) is 23.3. The van der Waals surface area contributed by atoms with Crippen molar-refractivity contribution in [3.05, 3.63) is 94.5 Å². The van der Waals surface area contributed by atoms with E-state index >= 15 is 0 Å². The second-order valence-corrected chi connectivity index (χ2v) is 8.99. The average Bonchev–Trinajstić information content (AvgIpc) is 2.71. The number of carbonyl (C=O) groups excluding carboxylic acids is 1. The zero-order valence-electron chi connectivity index (χ0n) is 17.3. The van der Waals surface area contributed by atoms with E-state index in [0.29, 0.717) is 11.3 Å². The van der Waals surface area contributed by atoms with E-state index in [1.54, 1.807) is 25.1 Å². The molecule has 0 heterocycles. The van der Waals surface area contributed by atoms with Gasteiger partial charge < -0.3 is 5.32 Å². The van der Waals surface area contributed by atoms with Crippen LogP contribution in [0.5, 0.6) is 0 Å². The molecule has 5 nitrogen and oxygen atoms in total. The van der Waals surface area contributed by atoms with Gasteiger partial charge in [-0.2, -0.15) is 13.2 Å². The lowest BCUT2D eigenvalue weighted by atomic mass is 10.1. The van der Waals surface area contributed by atoms with E-state index in [2.05, 4.69) is 10.0 Å². The fourth-order valence-corrected chi connectivity index (χ4v) is 4.41. The molecule has 3 aromatic carbocycles. The molecule has 3 aromatic rings. The van der Waals surface area contributed by atoms with Gasteiger partial charge in [-0.15, -0.1) is 0 Å². The maximum Gasteiger partial charge on any atom is 0.416 e. The van der Waals surface area contributed by atoms with Crippen molar-refractivity contribution in [3.63, 3.8) is 0 Å². The van der Waals surface area contributed by atoms with E-state index in [4.69, 9.17) is 0 Å². The Morgan fingerprint density at radius 2 is 1.66 bits per heavy atom. The van der Waals surface area contributed by atoms with Crippen molar-refractivity contribution < 1.29 is 26.4 Å². The summed E-state index contributed by atoms with van der Waals surface area (Å²) in [5.41, 5.74) is 1.25. The Kier molecular flexibility index (Phi) is 6.59. The maximum atomic E-state index is 12.9. The van der Waals surface area contributed by atoms with Crippen LogP contribution in [0.15, 0.2) is 71.6 Å². The van der Waals surface area contributed by atoms with Gasteiger partial charge in [0.15, 0.2) is 0 Å². The number of aryl methyl sites for hydroxylation is 2. The Labute approximate surface area is 184 Å². The van der Waals surface area contributed by atoms with Gasteiger partial charge >= 0.3 is 6.18 Å². The Bertz CT molecular complexity index is 1260. The van der Waals surface area contributed by atoms with Crippen molar-refractivity contribution in [2.24, 2.45) is 0 Å². The van der Waals surface area contributed by atoms with Gasteiger partial charge in [-0.05, 0) is 66.9 Å². The van der Waals surface area contributed by atoms with Gasteiger partial charge in [0.25, 0.3) is 15.9 Å². The summed E-state index contributed by atoms with van der Waals surface area (Å²) < 4.78 is 66.8. The number of benzene rings is 3. The van der Waals surface area contributed by atoms with Crippen LogP contribution in [0.25, 0.3) is 0 Å². The smallest absolute Gasteiger partial charge is 0.348 e. The van der Waals surface area contributed by atoms with Gasteiger partial charge in [-0.1, -0.05) is 30.3 Å². The van der Waals surface area contributed by atoms with Crippen molar-refractivity contribution in [1.82, 2.24) is 5.32 Å². The highest BCUT2D eigenvalue weighted by molar-refractivity contribution is 7.92. The molecule has 9 heteroatoms. The lowest BCUT2D eigenvalue weighted by molar-refractivity contribution is -0.137. The van der Waals surface area contributed by atoms with Gasteiger partial charge in [-0.3, -0.25) is 9.52 Å². The first-order valence-corrected chi connectivity index (χ1v) is 11.1. The molecule has 0 radical (unpaired) electrons. The molecule has 0 spiro atoms. The summed E-state index contributed by atoms with van der Waals surface area (Å²) in [6.07, 6.45) is -4.48. The highest BCUT2D eigenvalue weighted by atomic mass is 32.2. The topological polar surface area (TPSA) is 75.3 Å². The number of nitrogens with one attached hydrogen (secondary N) is 2.